The molecular formula is C7H14N2O2S. The van der Waals surface area contributed by atoms with Gasteiger partial charge in [0, 0.05) is 6.54 Å². The van der Waals surface area contributed by atoms with Crippen LogP contribution in [0.4, 0.5) is 4.79 Å². The van der Waals surface area contributed by atoms with E-state index in [1.165, 1.54) is 11.8 Å². The average molecular weight is 190 g/mol. The molecule has 0 radical (unpaired) electrons. The molecule has 5 heteroatoms. The number of amides is 1. The van der Waals surface area contributed by atoms with Crippen molar-refractivity contribution in [2.24, 2.45) is 5.16 Å². The number of carbonyl (C=O) groups is 1. The maximum Gasteiger partial charge on any atom is 0.433 e. The summed E-state index contributed by atoms with van der Waals surface area (Å²) in [5.74, 6) is 0. The van der Waals surface area contributed by atoms with Gasteiger partial charge < -0.3 is 5.32 Å². The first-order valence-corrected chi connectivity index (χ1v) is 4.96. The fraction of sp³-hybridized carbons (Fsp3) is 0.714. The van der Waals surface area contributed by atoms with Crippen molar-refractivity contribution in [2.45, 2.75) is 20.3 Å². The number of hydrogen-bond acceptors (Lipinski definition) is 4. The van der Waals surface area contributed by atoms with Crippen molar-refractivity contribution in [1.82, 2.24) is 5.32 Å². The summed E-state index contributed by atoms with van der Waals surface area (Å²) < 4.78 is 0. The van der Waals surface area contributed by atoms with Gasteiger partial charge in [-0.15, -0.1) is 11.8 Å². The summed E-state index contributed by atoms with van der Waals surface area (Å²) in [7, 11) is 0. The van der Waals surface area contributed by atoms with E-state index in [0.717, 1.165) is 11.5 Å². The van der Waals surface area contributed by atoms with Crippen LogP contribution in [0.5, 0.6) is 0 Å². The smallest absolute Gasteiger partial charge is 0.320 e. The Morgan fingerprint density at radius 2 is 2.33 bits per heavy atom. The van der Waals surface area contributed by atoms with Crippen LogP contribution in [0.3, 0.4) is 0 Å². The molecule has 0 aliphatic carbocycles. The largest absolute Gasteiger partial charge is 0.433 e. The molecule has 0 aliphatic heterocycles. The Kier molecular flexibility index (Phi) is 6.55. The lowest BCUT2D eigenvalue weighted by atomic mass is 10.5. The van der Waals surface area contributed by atoms with Crippen LogP contribution in [0.1, 0.15) is 20.3 Å². The van der Waals surface area contributed by atoms with Gasteiger partial charge in [-0.3, -0.25) is 4.84 Å². The zero-order chi connectivity index (χ0) is 9.40. The normalized spacial score (nSPS) is 11.1. The van der Waals surface area contributed by atoms with Crippen molar-refractivity contribution in [3.8, 4) is 0 Å². The van der Waals surface area contributed by atoms with Gasteiger partial charge in [0.05, 0.1) is 0 Å². The molecule has 0 saturated heterocycles. The highest BCUT2D eigenvalue weighted by atomic mass is 32.2. The van der Waals surface area contributed by atoms with Crippen molar-refractivity contribution in [1.29, 1.82) is 0 Å². The molecule has 1 N–H and O–H groups in total. The quantitative estimate of drug-likeness (QED) is 0.319. The Labute approximate surface area is 76.7 Å². The highest BCUT2D eigenvalue weighted by Gasteiger charge is 1.98. The third-order valence-electron chi connectivity index (χ3n) is 1.07. The number of hydrogen-bond donors (Lipinski definition) is 1. The number of nitrogens with one attached hydrogen (secondary N) is 1. The van der Waals surface area contributed by atoms with E-state index >= 15 is 0 Å². The third kappa shape index (κ3) is 6.03. The van der Waals surface area contributed by atoms with Crippen molar-refractivity contribution in [3.63, 3.8) is 0 Å². The van der Waals surface area contributed by atoms with Crippen LogP contribution in [0.2, 0.25) is 0 Å². The molecule has 0 saturated carbocycles. The topological polar surface area (TPSA) is 50.7 Å². The van der Waals surface area contributed by atoms with Crippen LogP contribution in [0, 0.1) is 0 Å². The zero-order valence-corrected chi connectivity index (χ0v) is 8.40. The predicted octanol–water partition coefficient (Wildman–Crippen LogP) is 1.82. The van der Waals surface area contributed by atoms with E-state index in [1.807, 2.05) is 13.2 Å². The maximum absolute atomic E-state index is 10.8. The second-order valence-electron chi connectivity index (χ2n) is 2.12. The third-order valence-corrected chi connectivity index (χ3v) is 1.74. The lowest BCUT2D eigenvalue weighted by Gasteiger charge is -1.99. The van der Waals surface area contributed by atoms with E-state index in [4.69, 9.17) is 0 Å². The fourth-order valence-electron chi connectivity index (χ4n) is 0.402. The van der Waals surface area contributed by atoms with Gasteiger partial charge in [0.2, 0.25) is 0 Å². The van der Waals surface area contributed by atoms with E-state index in [1.54, 1.807) is 6.92 Å². The summed E-state index contributed by atoms with van der Waals surface area (Å²) in [6.45, 7) is 4.36. The predicted molar refractivity (Wildman–Crippen MR) is 51.4 cm³/mol. The first-order chi connectivity index (χ1) is 5.70. The highest BCUT2D eigenvalue weighted by molar-refractivity contribution is 8.13. The molecular weight excluding hydrogens is 176 g/mol. The van der Waals surface area contributed by atoms with Gasteiger partial charge in [0.1, 0.15) is 5.04 Å². The molecule has 0 aromatic carbocycles. The van der Waals surface area contributed by atoms with Gasteiger partial charge in [-0.1, -0.05) is 12.1 Å². The molecule has 12 heavy (non-hydrogen) atoms. The SMILES string of the molecule is CCCNC(=O)ON=C(C)SC. The minimum Gasteiger partial charge on any atom is -0.320 e. The molecule has 0 unspecified atom stereocenters. The van der Waals surface area contributed by atoms with Crippen LogP contribution in [-0.2, 0) is 4.84 Å². The van der Waals surface area contributed by atoms with Crippen LogP contribution in [0.25, 0.3) is 0 Å². The summed E-state index contributed by atoms with van der Waals surface area (Å²) in [6.07, 6.45) is 2.26. The second kappa shape index (κ2) is 6.97. The summed E-state index contributed by atoms with van der Waals surface area (Å²) in [6, 6.07) is 0. The molecule has 0 aromatic rings. The molecule has 0 rings (SSSR count). The van der Waals surface area contributed by atoms with Crippen molar-refractivity contribution < 1.29 is 9.63 Å². The van der Waals surface area contributed by atoms with Crippen molar-refractivity contribution >= 4 is 22.9 Å². The first kappa shape index (κ1) is 11.3. The van der Waals surface area contributed by atoms with Gasteiger partial charge in [-0.05, 0) is 19.6 Å². The number of rotatable bonds is 3. The molecule has 0 bridgehead atoms. The molecule has 0 heterocycles. The number of carbonyl (C=O) groups excluding carboxylic acids is 1. The van der Waals surface area contributed by atoms with Crippen LogP contribution in [-0.4, -0.2) is 23.9 Å². The summed E-state index contributed by atoms with van der Waals surface area (Å²) >= 11 is 1.44. The zero-order valence-electron chi connectivity index (χ0n) is 7.59. The highest BCUT2D eigenvalue weighted by Crippen LogP contribution is 1.96. The Bertz CT molecular complexity index is 171. The number of oxime groups is 1. The molecule has 0 aromatic heterocycles. The molecule has 0 fully saturated rings. The van der Waals surface area contributed by atoms with E-state index in [9.17, 15) is 4.79 Å². The van der Waals surface area contributed by atoms with Crippen LogP contribution in [0.15, 0.2) is 5.16 Å². The molecule has 0 atom stereocenters. The molecule has 70 valence electrons. The summed E-state index contributed by atoms with van der Waals surface area (Å²) in [5, 5.41) is 6.82. The number of nitrogens with zero attached hydrogens (tertiary/aromatic N) is 1. The standard InChI is InChI=1S/C7H14N2O2S/c1-4-5-8-7(10)11-9-6(2)12-3/h4-5H2,1-3H3,(H,8,10). The van der Waals surface area contributed by atoms with Gasteiger partial charge in [-0.25, -0.2) is 4.79 Å². The van der Waals surface area contributed by atoms with Crippen LogP contribution >= 0.6 is 11.8 Å². The van der Waals surface area contributed by atoms with Crippen molar-refractivity contribution in [3.05, 3.63) is 0 Å². The van der Waals surface area contributed by atoms with Gasteiger partial charge >= 0.3 is 6.09 Å². The van der Waals surface area contributed by atoms with E-state index in [-0.39, 0.29) is 0 Å². The van der Waals surface area contributed by atoms with Gasteiger partial charge in [0.15, 0.2) is 0 Å². The van der Waals surface area contributed by atoms with Crippen molar-refractivity contribution in [2.75, 3.05) is 12.8 Å². The minimum atomic E-state index is -0.495. The minimum absolute atomic E-state index is 0.495. The van der Waals surface area contributed by atoms with E-state index < -0.39 is 6.09 Å². The Morgan fingerprint density at radius 1 is 1.67 bits per heavy atom. The van der Waals surface area contributed by atoms with E-state index in [0.29, 0.717) is 6.54 Å². The Balaban J connectivity index is 3.56. The molecule has 4 nitrogen and oxygen atoms in total. The van der Waals surface area contributed by atoms with Gasteiger partial charge in [-0.2, -0.15) is 0 Å². The summed E-state index contributed by atoms with van der Waals surface area (Å²) in [4.78, 5) is 15.3. The van der Waals surface area contributed by atoms with Gasteiger partial charge in [0.25, 0.3) is 0 Å². The number of thioether (sulfide) groups is 1. The van der Waals surface area contributed by atoms with E-state index in [2.05, 4.69) is 15.3 Å². The Morgan fingerprint density at radius 3 is 2.83 bits per heavy atom. The molecule has 0 aliphatic rings. The Hall–Kier alpha value is -0.710. The lowest BCUT2D eigenvalue weighted by Crippen LogP contribution is -2.23. The fourth-order valence-corrected chi connectivity index (χ4v) is 0.514. The average Bonchev–Trinajstić information content (AvgIpc) is 2.10. The first-order valence-electron chi connectivity index (χ1n) is 3.74. The monoisotopic (exact) mass is 190 g/mol. The molecule has 0 spiro atoms. The lowest BCUT2D eigenvalue weighted by molar-refractivity contribution is 0.151. The second-order valence-corrected chi connectivity index (χ2v) is 3.12. The summed E-state index contributed by atoms with van der Waals surface area (Å²) in [5.41, 5.74) is 0. The maximum atomic E-state index is 10.8. The molecule has 1 amide bonds. The van der Waals surface area contributed by atoms with Crippen LogP contribution < -0.4 is 5.32 Å².